The minimum Gasteiger partial charge on any atom is -0.515 e. The predicted molar refractivity (Wildman–Crippen MR) is 44.5 cm³/mol. The second-order valence-corrected chi connectivity index (χ2v) is 2.65. The zero-order valence-corrected chi connectivity index (χ0v) is 7.18. The van der Waals surface area contributed by atoms with Gasteiger partial charge in [0.25, 0.3) is 0 Å². The van der Waals surface area contributed by atoms with Crippen LogP contribution < -0.4 is 10.4 Å². The molecule has 76 valence electrons. The smallest absolute Gasteiger partial charge is 0.170 e. The second kappa shape index (κ2) is 3.61. The Labute approximate surface area is 77.2 Å². The molecule has 1 aromatic carbocycles. The Hall–Kier alpha value is -1.65. The molecule has 0 amide bonds. The first-order chi connectivity index (χ1) is 6.54. The van der Waals surface area contributed by atoms with Gasteiger partial charge >= 0.3 is 0 Å². The maximum Gasteiger partial charge on any atom is 0.170 e. The standard InChI is InChI=1S/C9H7F3O2/c1-4-7(10)5(2-13)6(3-14)9(12)8(4)11/h2-3,13-14H,1H3. The molecule has 0 saturated carbocycles. The fourth-order valence-electron chi connectivity index (χ4n) is 1.07. The molecule has 2 N–H and O–H groups in total. The molecule has 0 aliphatic heterocycles. The third kappa shape index (κ3) is 1.30. The van der Waals surface area contributed by atoms with E-state index in [1.54, 1.807) is 0 Å². The van der Waals surface area contributed by atoms with Gasteiger partial charge in [0.05, 0.1) is 23.0 Å². The van der Waals surface area contributed by atoms with E-state index in [1.165, 1.54) is 0 Å². The highest BCUT2D eigenvalue weighted by Crippen LogP contribution is 2.07. The third-order valence-electron chi connectivity index (χ3n) is 1.87. The van der Waals surface area contributed by atoms with Gasteiger partial charge in [-0.05, 0) is 6.92 Å². The molecular weight excluding hydrogens is 197 g/mol. The Kier molecular flexibility index (Phi) is 2.69. The van der Waals surface area contributed by atoms with Crippen LogP contribution in [-0.4, -0.2) is 10.2 Å². The Morgan fingerprint density at radius 1 is 0.857 bits per heavy atom. The van der Waals surface area contributed by atoms with Crippen LogP contribution in [0.25, 0.3) is 12.5 Å². The summed E-state index contributed by atoms with van der Waals surface area (Å²) in [4.78, 5) is 0. The molecule has 0 aliphatic carbocycles. The number of hydrogen-bond donors (Lipinski definition) is 2. The summed E-state index contributed by atoms with van der Waals surface area (Å²) >= 11 is 0. The highest BCUT2D eigenvalue weighted by Gasteiger charge is 2.14. The molecule has 1 rings (SSSR count). The second-order valence-electron chi connectivity index (χ2n) is 2.65. The molecule has 0 fully saturated rings. The monoisotopic (exact) mass is 204 g/mol. The van der Waals surface area contributed by atoms with E-state index < -0.39 is 33.5 Å². The summed E-state index contributed by atoms with van der Waals surface area (Å²) in [7, 11) is 0. The molecule has 5 heteroatoms. The molecule has 0 unspecified atom stereocenters. The summed E-state index contributed by atoms with van der Waals surface area (Å²) in [5.41, 5.74) is -0.548. The minimum absolute atomic E-state index is 0.197. The van der Waals surface area contributed by atoms with Crippen molar-refractivity contribution in [3.05, 3.63) is 33.5 Å². The quantitative estimate of drug-likeness (QED) is 0.619. The van der Waals surface area contributed by atoms with E-state index in [2.05, 4.69) is 0 Å². The number of halogens is 3. The number of aliphatic hydroxyl groups excluding tert-OH is 2. The van der Waals surface area contributed by atoms with Gasteiger partial charge in [-0.2, -0.15) is 0 Å². The molecule has 1 aromatic rings. The molecule has 0 bridgehead atoms. The summed E-state index contributed by atoms with van der Waals surface area (Å²) in [6, 6.07) is 0. The van der Waals surface area contributed by atoms with Crippen molar-refractivity contribution in [3.63, 3.8) is 0 Å². The van der Waals surface area contributed by atoms with Gasteiger partial charge in [-0.15, -0.1) is 0 Å². The Bertz CT molecular complexity index is 435. The number of rotatable bonds is 0. The van der Waals surface area contributed by atoms with E-state index in [1.807, 2.05) is 0 Å². The highest BCUT2D eigenvalue weighted by molar-refractivity contribution is 5.31. The lowest BCUT2D eigenvalue weighted by molar-refractivity contribution is 0.463. The SMILES string of the molecule is Cc1c(F)c(F)c(=CO)c(=CO)c1F. The van der Waals surface area contributed by atoms with Crippen LogP contribution in [0.5, 0.6) is 0 Å². The first kappa shape index (κ1) is 10.4. The van der Waals surface area contributed by atoms with Crippen LogP contribution in [0.3, 0.4) is 0 Å². The zero-order valence-electron chi connectivity index (χ0n) is 7.18. The van der Waals surface area contributed by atoms with Gasteiger partial charge < -0.3 is 10.2 Å². The summed E-state index contributed by atoms with van der Waals surface area (Å²) in [5, 5.41) is 15.8. The maximum absolute atomic E-state index is 13.2. The minimum atomic E-state index is -1.40. The molecule has 0 aromatic heterocycles. The lowest BCUT2D eigenvalue weighted by Crippen LogP contribution is -2.34. The van der Waals surface area contributed by atoms with Crippen LogP contribution in [0.15, 0.2) is 0 Å². The highest BCUT2D eigenvalue weighted by atomic mass is 19.2. The van der Waals surface area contributed by atoms with E-state index in [-0.39, 0.29) is 12.5 Å². The Balaban J connectivity index is 3.97. The van der Waals surface area contributed by atoms with Crippen LogP contribution in [0, 0.1) is 24.4 Å². The average molecular weight is 204 g/mol. The first-order valence-electron chi connectivity index (χ1n) is 3.66. The van der Waals surface area contributed by atoms with Crippen molar-refractivity contribution in [2.24, 2.45) is 0 Å². The van der Waals surface area contributed by atoms with Crippen LogP contribution in [0.4, 0.5) is 13.2 Å². The molecular formula is C9H7F3O2. The van der Waals surface area contributed by atoms with Gasteiger partial charge in [-0.25, -0.2) is 13.2 Å². The molecule has 0 heterocycles. The van der Waals surface area contributed by atoms with E-state index >= 15 is 0 Å². The van der Waals surface area contributed by atoms with Crippen molar-refractivity contribution in [3.8, 4) is 0 Å². The topological polar surface area (TPSA) is 40.5 Å². The largest absolute Gasteiger partial charge is 0.515 e. The van der Waals surface area contributed by atoms with Gasteiger partial charge in [0, 0.05) is 5.56 Å². The predicted octanol–water partition coefficient (Wildman–Crippen LogP) is 1.00. The van der Waals surface area contributed by atoms with Crippen LogP contribution in [-0.2, 0) is 0 Å². The summed E-state index contributed by atoms with van der Waals surface area (Å²) in [5.74, 6) is -3.88. The van der Waals surface area contributed by atoms with Gasteiger partial charge in [0.2, 0.25) is 0 Å². The van der Waals surface area contributed by atoms with E-state index in [4.69, 9.17) is 10.2 Å². The van der Waals surface area contributed by atoms with Gasteiger partial charge in [-0.1, -0.05) is 0 Å². The van der Waals surface area contributed by atoms with Gasteiger partial charge in [0.15, 0.2) is 11.6 Å². The van der Waals surface area contributed by atoms with Crippen LogP contribution in [0.1, 0.15) is 5.56 Å². The lowest BCUT2D eigenvalue weighted by atomic mass is 10.1. The lowest BCUT2D eigenvalue weighted by Gasteiger charge is -2.01. The normalized spacial score (nSPS) is 13.7. The van der Waals surface area contributed by atoms with Crippen LogP contribution >= 0.6 is 0 Å². The maximum atomic E-state index is 13.2. The number of aliphatic hydroxyl groups is 2. The van der Waals surface area contributed by atoms with Crippen molar-refractivity contribution in [2.75, 3.05) is 0 Å². The average Bonchev–Trinajstić information content (AvgIpc) is 2.20. The molecule has 0 atom stereocenters. The van der Waals surface area contributed by atoms with E-state index in [0.717, 1.165) is 6.92 Å². The first-order valence-corrected chi connectivity index (χ1v) is 3.66. The third-order valence-corrected chi connectivity index (χ3v) is 1.87. The molecule has 2 nitrogen and oxygen atoms in total. The molecule has 0 saturated heterocycles. The number of hydrogen-bond acceptors (Lipinski definition) is 2. The fourth-order valence-corrected chi connectivity index (χ4v) is 1.07. The van der Waals surface area contributed by atoms with Crippen molar-refractivity contribution >= 4 is 12.5 Å². The Morgan fingerprint density at radius 3 is 1.71 bits per heavy atom. The number of benzene rings is 1. The van der Waals surface area contributed by atoms with Crippen molar-refractivity contribution in [1.29, 1.82) is 0 Å². The summed E-state index contributed by atoms with van der Waals surface area (Å²) < 4.78 is 39.1. The molecule has 0 radical (unpaired) electrons. The van der Waals surface area contributed by atoms with E-state index in [9.17, 15) is 13.2 Å². The van der Waals surface area contributed by atoms with Gasteiger partial charge in [0.1, 0.15) is 5.82 Å². The van der Waals surface area contributed by atoms with Gasteiger partial charge in [-0.3, -0.25) is 0 Å². The molecule has 0 spiro atoms. The fraction of sp³-hybridized carbons (Fsp3) is 0.111. The summed E-state index contributed by atoms with van der Waals surface area (Å²) in [6.07, 6.45) is 0.468. The van der Waals surface area contributed by atoms with Crippen molar-refractivity contribution < 1.29 is 23.4 Å². The van der Waals surface area contributed by atoms with Crippen LogP contribution in [0.2, 0.25) is 0 Å². The van der Waals surface area contributed by atoms with E-state index in [0.29, 0.717) is 0 Å². The molecule has 14 heavy (non-hydrogen) atoms. The molecule has 0 aliphatic rings. The summed E-state index contributed by atoms with van der Waals surface area (Å²) in [6.45, 7) is 1.03. The van der Waals surface area contributed by atoms with Crippen molar-refractivity contribution in [2.45, 2.75) is 6.92 Å². The Morgan fingerprint density at radius 2 is 1.29 bits per heavy atom. The van der Waals surface area contributed by atoms with Crippen molar-refractivity contribution in [1.82, 2.24) is 0 Å². The zero-order chi connectivity index (χ0) is 10.9.